The minimum Gasteiger partial charge on any atom is -0.296 e. The smallest absolute Gasteiger partial charge is 0.229 e. The average molecular weight is 212 g/mol. The summed E-state index contributed by atoms with van der Waals surface area (Å²) in [6.07, 6.45) is 4.03. The normalized spacial score (nSPS) is 31.9. The van der Waals surface area contributed by atoms with Crippen LogP contribution in [0.25, 0.3) is 0 Å². The molecule has 2 aliphatic rings. The quantitative estimate of drug-likeness (QED) is 0.529. The van der Waals surface area contributed by atoms with E-state index in [1.807, 2.05) is 0 Å². The standard InChI is InChI=1S/C11H20N2O2/c1-11(2,13(14)15)8-12-6-9-4-3-5-10(9)7-12/h9-10H,3-8H2,1-2H3. The van der Waals surface area contributed by atoms with Crippen LogP contribution in [-0.2, 0) is 0 Å². The Labute approximate surface area is 90.8 Å². The van der Waals surface area contributed by atoms with E-state index in [4.69, 9.17) is 0 Å². The van der Waals surface area contributed by atoms with Gasteiger partial charge in [-0.3, -0.25) is 15.0 Å². The molecule has 15 heavy (non-hydrogen) atoms. The molecule has 86 valence electrons. The lowest BCUT2D eigenvalue weighted by Gasteiger charge is -2.23. The van der Waals surface area contributed by atoms with E-state index in [1.54, 1.807) is 13.8 Å². The summed E-state index contributed by atoms with van der Waals surface area (Å²) >= 11 is 0. The Hall–Kier alpha value is -0.640. The van der Waals surface area contributed by atoms with Gasteiger partial charge in [-0.2, -0.15) is 0 Å². The van der Waals surface area contributed by atoms with Crippen molar-refractivity contribution in [1.82, 2.24) is 4.90 Å². The first-order chi connectivity index (χ1) is 6.99. The first-order valence-corrected chi connectivity index (χ1v) is 5.86. The van der Waals surface area contributed by atoms with Crippen LogP contribution in [0, 0.1) is 22.0 Å². The minimum absolute atomic E-state index is 0.152. The summed E-state index contributed by atoms with van der Waals surface area (Å²) < 4.78 is 0. The molecule has 2 atom stereocenters. The highest BCUT2D eigenvalue weighted by atomic mass is 16.6. The monoisotopic (exact) mass is 212 g/mol. The van der Waals surface area contributed by atoms with Gasteiger partial charge in [-0.05, 0) is 24.7 Å². The van der Waals surface area contributed by atoms with Gasteiger partial charge in [0.2, 0.25) is 5.54 Å². The molecular formula is C11H20N2O2. The van der Waals surface area contributed by atoms with Crippen LogP contribution in [0.2, 0.25) is 0 Å². The average Bonchev–Trinajstić information content (AvgIpc) is 2.62. The fraction of sp³-hybridized carbons (Fsp3) is 1.00. The third kappa shape index (κ3) is 2.14. The van der Waals surface area contributed by atoms with Gasteiger partial charge < -0.3 is 0 Å². The van der Waals surface area contributed by atoms with E-state index in [9.17, 15) is 10.1 Å². The third-order valence-electron chi connectivity index (χ3n) is 3.91. The second-order valence-corrected chi connectivity index (χ2v) is 5.71. The molecule has 0 aromatic carbocycles. The van der Waals surface area contributed by atoms with Crippen LogP contribution >= 0.6 is 0 Å². The predicted molar refractivity (Wildman–Crippen MR) is 58.3 cm³/mol. The molecule has 1 aliphatic heterocycles. The maximum Gasteiger partial charge on any atom is 0.229 e. The lowest BCUT2D eigenvalue weighted by atomic mass is 10.0. The van der Waals surface area contributed by atoms with Crippen LogP contribution in [0.15, 0.2) is 0 Å². The largest absolute Gasteiger partial charge is 0.296 e. The van der Waals surface area contributed by atoms with Crippen molar-refractivity contribution >= 4 is 0 Å². The molecule has 1 aliphatic carbocycles. The Kier molecular flexibility index (Phi) is 2.71. The fourth-order valence-electron chi connectivity index (χ4n) is 3.07. The molecule has 0 radical (unpaired) electrons. The van der Waals surface area contributed by atoms with Crippen molar-refractivity contribution in [2.24, 2.45) is 11.8 Å². The Morgan fingerprint density at radius 2 is 1.87 bits per heavy atom. The summed E-state index contributed by atoms with van der Waals surface area (Å²) in [5.74, 6) is 1.65. The number of hydrogen-bond donors (Lipinski definition) is 0. The summed E-state index contributed by atoms with van der Waals surface area (Å²) in [5, 5.41) is 10.8. The number of likely N-dealkylation sites (tertiary alicyclic amines) is 1. The Balaban J connectivity index is 1.90. The van der Waals surface area contributed by atoms with E-state index in [1.165, 1.54) is 19.3 Å². The number of nitrogens with zero attached hydrogens (tertiary/aromatic N) is 2. The van der Waals surface area contributed by atoms with Gasteiger partial charge in [0, 0.05) is 31.9 Å². The number of rotatable bonds is 3. The topological polar surface area (TPSA) is 46.4 Å². The van der Waals surface area contributed by atoms with Gasteiger partial charge >= 0.3 is 0 Å². The molecule has 4 nitrogen and oxygen atoms in total. The van der Waals surface area contributed by atoms with E-state index in [0.717, 1.165) is 24.9 Å². The lowest BCUT2D eigenvalue weighted by Crippen LogP contribution is -2.43. The molecule has 1 heterocycles. The molecule has 0 bridgehead atoms. The molecule has 4 heteroatoms. The Morgan fingerprint density at radius 3 is 2.33 bits per heavy atom. The summed E-state index contributed by atoms with van der Waals surface area (Å²) in [6.45, 7) is 6.22. The summed E-state index contributed by atoms with van der Waals surface area (Å²) in [4.78, 5) is 13.0. The van der Waals surface area contributed by atoms with Crippen molar-refractivity contribution < 1.29 is 4.92 Å². The maximum atomic E-state index is 10.8. The second-order valence-electron chi connectivity index (χ2n) is 5.71. The second kappa shape index (κ2) is 3.74. The van der Waals surface area contributed by atoms with E-state index >= 15 is 0 Å². The summed E-state index contributed by atoms with van der Waals surface area (Å²) in [5.41, 5.74) is -0.793. The van der Waals surface area contributed by atoms with Crippen molar-refractivity contribution in [1.29, 1.82) is 0 Å². The number of hydrogen-bond acceptors (Lipinski definition) is 3. The maximum absolute atomic E-state index is 10.8. The molecule has 0 spiro atoms. The van der Waals surface area contributed by atoms with Crippen molar-refractivity contribution in [3.8, 4) is 0 Å². The van der Waals surface area contributed by atoms with Gasteiger partial charge in [0.1, 0.15) is 0 Å². The van der Waals surface area contributed by atoms with Crippen LogP contribution in [0.1, 0.15) is 33.1 Å². The van der Waals surface area contributed by atoms with E-state index in [0.29, 0.717) is 6.54 Å². The van der Waals surface area contributed by atoms with Gasteiger partial charge in [-0.15, -0.1) is 0 Å². The van der Waals surface area contributed by atoms with Gasteiger partial charge in [0.05, 0.1) is 6.54 Å². The molecule has 0 amide bonds. The van der Waals surface area contributed by atoms with Crippen molar-refractivity contribution in [3.05, 3.63) is 10.1 Å². The van der Waals surface area contributed by atoms with Crippen LogP contribution in [0.4, 0.5) is 0 Å². The van der Waals surface area contributed by atoms with Crippen LogP contribution in [0.3, 0.4) is 0 Å². The molecule has 2 fully saturated rings. The first kappa shape index (κ1) is 10.9. The minimum atomic E-state index is -0.793. The van der Waals surface area contributed by atoms with Crippen molar-refractivity contribution in [3.63, 3.8) is 0 Å². The molecule has 1 saturated carbocycles. The SMILES string of the molecule is CC(C)(CN1CC2CCCC2C1)[N+](=O)[O-]. The fourth-order valence-corrected chi connectivity index (χ4v) is 3.07. The summed E-state index contributed by atoms with van der Waals surface area (Å²) in [7, 11) is 0. The van der Waals surface area contributed by atoms with E-state index < -0.39 is 5.54 Å². The molecule has 2 unspecified atom stereocenters. The van der Waals surface area contributed by atoms with E-state index in [2.05, 4.69) is 4.90 Å². The lowest BCUT2D eigenvalue weighted by molar-refractivity contribution is -0.560. The molecular weight excluding hydrogens is 192 g/mol. The highest BCUT2D eigenvalue weighted by Gasteiger charge is 2.41. The zero-order valence-electron chi connectivity index (χ0n) is 9.61. The van der Waals surface area contributed by atoms with Gasteiger partial charge in [-0.1, -0.05) is 6.42 Å². The van der Waals surface area contributed by atoms with Gasteiger partial charge in [0.15, 0.2) is 0 Å². The zero-order valence-corrected chi connectivity index (χ0v) is 9.61. The zero-order chi connectivity index (χ0) is 11.1. The number of fused-ring (bicyclic) bond motifs is 1. The van der Waals surface area contributed by atoms with Crippen LogP contribution < -0.4 is 0 Å². The van der Waals surface area contributed by atoms with Crippen molar-refractivity contribution in [2.45, 2.75) is 38.6 Å². The molecule has 0 N–H and O–H groups in total. The summed E-state index contributed by atoms with van der Waals surface area (Å²) in [6, 6.07) is 0. The van der Waals surface area contributed by atoms with Crippen LogP contribution in [0.5, 0.6) is 0 Å². The first-order valence-electron chi connectivity index (χ1n) is 5.86. The third-order valence-corrected chi connectivity index (χ3v) is 3.91. The van der Waals surface area contributed by atoms with Crippen molar-refractivity contribution in [2.75, 3.05) is 19.6 Å². The van der Waals surface area contributed by atoms with Gasteiger partial charge in [0.25, 0.3) is 0 Å². The number of nitro groups is 1. The molecule has 2 rings (SSSR count). The molecule has 1 saturated heterocycles. The molecule has 0 aromatic rings. The highest BCUT2D eigenvalue weighted by Crippen LogP contribution is 2.38. The molecule has 0 aromatic heterocycles. The van der Waals surface area contributed by atoms with E-state index in [-0.39, 0.29) is 4.92 Å². The Bertz CT molecular complexity index is 253. The van der Waals surface area contributed by atoms with Gasteiger partial charge in [-0.25, -0.2) is 0 Å². The van der Waals surface area contributed by atoms with Crippen LogP contribution in [-0.4, -0.2) is 35.0 Å². The Morgan fingerprint density at radius 1 is 1.33 bits per heavy atom. The predicted octanol–water partition coefficient (Wildman–Crippen LogP) is 1.77. The highest BCUT2D eigenvalue weighted by molar-refractivity contribution is 4.90.